The van der Waals surface area contributed by atoms with Crippen LogP contribution in [0.15, 0.2) is 65.6 Å². The molecule has 0 fully saturated rings. The molecular weight excluding hydrogens is 585 g/mol. The monoisotopic (exact) mass is 610 g/mol. The van der Waals surface area contributed by atoms with Crippen LogP contribution in [0.1, 0.15) is 26.3 Å². The standard InChI is InChI=1S/C27H25F3N2O9S/c1-38-22-11-9-19(14-23(22)39-2)42(36,37)32(18-7-5-6-17(13-18)27(28,29)30)15-24(33)31-21-12-16(25(34)40-3)8-10-20(21)26(35)41-4/h5-14H,15H2,1-4H3,(H,31,33). The number of carbonyl (C=O) groups excluding carboxylic acids is 3. The Hall–Kier alpha value is -4.79. The molecule has 11 nitrogen and oxygen atoms in total. The third kappa shape index (κ3) is 6.91. The average molecular weight is 611 g/mol. The summed E-state index contributed by atoms with van der Waals surface area (Å²) < 4.78 is 88.2. The molecule has 0 radical (unpaired) electrons. The second-order valence-corrected chi connectivity index (χ2v) is 10.2. The maximum absolute atomic E-state index is 13.8. The van der Waals surface area contributed by atoms with E-state index in [-0.39, 0.29) is 28.3 Å². The lowest BCUT2D eigenvalue weighted by molar-refractivity contribution is -0.137. The molecule has 0 saturated heterocycles. The summed E-state index contributed by atoms with van der Waals surface area (Å²) in [7, 11) is 0.0544. The first kappa shape index (κ1) is 31.7. The molecular formula is C27H25F3N2O9S. The molecule has 3 aromatic carbocycles. The summed E-state index contributed by atoms with van der Waals surface area (Å²) in [6.45, 7) is -1.04. The molecule has 1 N–H and O–H groups in total. The number of anilines is 2. The minimum atomic E-state index is -4.82. The van der Waals surface area contributed by atoms with Crippen molar-refractivity contribution in [3.63, 3.8) is 0 Å². The van der Waals surface area contributed by atoms with Gasteiger partial charge in [0.15, 0.2) is 11.5 Å². The van der Waals surface area contributed by atoms with Crippen molar-refractivity contribution in [1.82, 2.24) is 0 Å². The minimum Gasteiger partial charge on any atom is -0.493 e. The van der Waals surface area contributed by atoms with E-state index in [1.54, 1.807) is 0 Å². The van der Waals surface area contributed by atoms with Gasteiger partial charge in [0.2, 0.25) is 5.91 Å². The average Bonchev–Trinajstić information content (AvgIpc) is 2.98. The molecule has 0 aliphatic heterocycles. The molecule has 0 bridgehead atoms. The van der Waals surface area contributed by atoms with Crippen LogP contribution in [0.25, 0.3) is 0 Å². The first-order chi connectivity index (χ1) is 19.8. The molecule has 0 aromatic heterocycles. The van der Waals surface area contributed by atoms with Crippen LogP contribution in [0.2, 0.25) is 0 Å². The van der Waals surface area contributed by atoms with Gasteiger partial charge in [0, 0.05) is 6.07 Å². The van der Waals surface area contributed by atoms with E-state index in [9.17, 15) is 36.0 Å². The van der Waals surface area contributed by atoms with E-state index < -0.39 is 56.7 Å². The van der Waals surface area contributed by atoms with Crippen LogP contribution in [0.4, 0.5) is 24.5 Å². The van der Waals surface area contributed by atoms with E-state index in [1.807, 2.05) is 0 Å². The Kier molecular flexibility index (Phi) is 9.67. The highest BCUT2D eigenvalue weighted by Crippen LogP contribution is 2.35. The van der Waals surface area contributed by atoms with Gasteiger partial charge in [-0.15, -0.1) is 0 Å². The molecule has 15 heteroatoms. The van der Waals surface area contributed by atoms with Crippen molar-refractivity contribution in [2.24, 2.45) is 0 Å². The highest BCUT2D eigenvalue weighted by Gasteiger charge is 2.34. The largest absolute Gasteiger partial charge is 0.493 e. The van der Waals surface area contributed by atoms with Crippen LogP contribution in [-0.2, 0) is 30.5 Å². The molecule has 0 aliphatic carbocycles. The predicted molar refractivity (Wildman–Crippen MR) is 143 cm³/mol. The fourth-order valence-electron chi connectivity index (χ4n) is 3.76. The lowest BCUT2D eigenvalue weighted by Gasteiger charge is -2.25. The Balaban J connectivity index is 2.11. The zero-order chi connectivity index (χ0) is 31.2. The third-order valence-corrected chi connectivity index (χ3v) is 7.58. The number of hydrogen-bond acceptors (Lipinski definition) is 9. The molecule has 3 aromatic rings. The Morgan fingerprint density at radius 1 is 0.833 bits per heavy atom. The smallest absolute Gasteiger partial charge is 0.416 e. The van der Waals surface area contributed by atoms with Crippen molar-refractivity contribution in [2.45, 2.75) is 11.1 Å². The maximum atomic E-state index is 13.8. The Bertz CT molecular complexity index is 1610. The van der Waals surface area contributed by atoms with E-state index in [1.165, 1.54) is 32.4 Å². The summed E-state index contributed by atoms with van der Waals surface area (Å²) in [6, 6.07) is 10.4. The number of esters is 2. The van der Waals surface area contributed by atoms with Gasteiger partial charge in [-0.2, -0.15) is 13.2 Å². The maximum Gasteiger partial charge on any atom is 0.416 e. The van der Waals surface area contributed by atoms with Gasteiger partial charge >= 0.3 is 18.1 Å². The first-order valence-electron chi connectivity index (χ1n) is 11.8. The summed E-state index contributed by atoms with van der Waals surface area (Å²) >= 11 is 0. The number of nitrogens with zero attached hydrogens (tertiary/aromatic N) is 1. The van der Waals surface area contributed by atoms with Gasteiger partial charge in [-0.3, -0.25) is 9.10 Å². The van der Waals surface area contributed by atoms with Gasteiger partial charge in [-0.25, -0.2) is 18.0 Å². The minimum absolute atomic E-state index is 0.00867. The zero-order valence-corrected chi connectivity index (χ0v) is 23.5. The molecule has 0 heterocycles. The predicted octanol–water partition coefficient (Wildman–Crippen LogP) is 4.13. The zero-order valence-electron chi connectivity index (χ0n) is 22.6. The lowest BCUT2D eigenvalue weighted by atomic mass is 10.1. The van der Waals surface area contributed by atoms with Crippen molar-refractivity contribution in [2.75, 3.05) is 44.6 Å². The van der Waals surface area contributed by atoms with E-state index >= 15 is 0 Å². The summed E-state index contributed by atoms with van der Waals surface area (Å²) in [6.07, 6.45) is -4.82. The summed E-state index contributed by atoms with van der Waals surface area (Å²) in [5.74, 6) is -2.57. The van der Waals surface area contributed by atoms with Crippen LogP contribution < -0.4 is 19.1 Å². The second kappa shape index (κ2) is 12.8. The van der Waals surface area contributed by atoms with Crippen molar-refractivity contribution in [1.29, 1.82) is 0 Å². The number of nitrogens with one attached hydrogen (secondary N) is 1. The number of rotatable bonds is 10. The quantitative estimate of drug-likeness (QED) is 0.336. The molecule has 0 aliphatic rings. The number of alkyl halides is 3. The number of carbonyl (C=O) groups is 3. The number of hydrogen-bond donors (Lipinski definition) is 1. The Morgan fingerprint density at radius 2 is 1.50 bits per heavy atom. The fourth-order valence-corrected chi connectivity index (χ4v) is 5.19. The summed E-state index contributed by atoms with van der Waals surface area (Å²) in [5.41, 5.74) is -2.12. The first-order valence-corrected chi connectivity index (χ1v) is 13.2. The van der Waals surface area contributed by atoms with Crippen LogP contribution in [-0.4, -0.2) is 61.2 Å². The van der Waals surface area contributed by atoms with E-state index in [0.29, 0.717) is 10.4 Å². The van der Waals surface area contributed by atoms with E-state index in [0.717, 1.165) is 50.6 Å². The van der Waals surface area contributed by atoms with Crippen molar-refractivity contribution in [3.05, 3.63) is 77.4 Å². The Morgan fingerprint density at radius 3 is 2.10 bits per heavy atom. The Labute approximate surface area is 238 Å². The number of ether oxygens (including phenoxy) is 4. The van der Waals surface area contributed by atoms with Crippen LogP contribution in [0.3, 0.4) is 0 Å². The lowest BCUT2D eigenvalue weighted by Crippen LogP contribution is -2.38. The van der Waals surface area contributed by atoms with Gasteiger partial charge in [-0.05, 0) is 48.5 Å². The number of benzene rings is 3. The third-order valence-electron chi connectivity index (χ3n) is 5.81. The number of halogens is 3. The molecule has 3 rings (SSSR count). The van der Waals surface area contributed by atoms with Gasteiger partial charge in [-0.1, -0.05) is 6.07 Å². The molecule has 0 unspecified atom stereocenters. The van der Waals surface area contributed by atoms with Crippen LogP contribution >= 0.6 is 0 Å². The number of amides is 1. The highest BCUT2D eigenvalue weighted by atomic mass is 32.2. The molecule has 224 valence electrons. The number of methoxy groups -OCH3 is 4. The molecule has 1 amide bonds. The molecule has 0 atom stereocenters. The number of sulfonamides is 1. The van der Waals surface area contributed by atoms with Gasteiger partial charge < -0.3 is 24.3 Å². The van der Waals surface area contributed by atoms with Crippen LogP contribution in [0, 0.1) is 0 Å². The SMILES string of the molecule is COC(=O)c1ccc(C(=O)OC)c(NC(=O)CN(c2cccc(C(F)(F)F)c2)S(=O)(=O)c2ccc(OC)c(OC)c2)c1. The van der Waals surface area contributed by atoms with Crippen molar-refractivity contribution >= 4 is 39.2 Å². The highest BCUT2D eigenvalue weighted by molar-refractivity contribution is 7.92. The van der Waals surface area contributed by atoms with Gasteiger partial charge in [0.25, 0.3) is 10.0 Å². The van der Waals surface area contributed by atoms with Crippen molar-refractivity contribution in [3.8, 4) is 11.5 Å². The molecule has 0 spiro atoms. The molecule has 42 heavy (non-hydrogen) atoms. The van der Waals surface area contributed by atoms with Gasteiger partial charge in [0.1, 0.15) is 6.54 Å². The second-order valence-electron chi connectivity index (χ2n) is 8.37. The topological polar surface area (TPSA) is 138 Å². The van der Waals surface area contributed by atoms with E-state index in [2.05, 4.69) is 10.1 Å². The fraction of sp³-hybridized carbons (Fsp3) is 0.222. The van der Waals surface area contributed by atoms with Gasteiger partial charge in [0.05, 0.1) is 61.4 Å². The normalized spacial score (nSPS) is 11.3. The van der Waals surface area contributed by atoms with Crippen molar-refractivity contribution < 1.29 is 54.9 Å². The summed E-state index contributed by atoms with van der Waals surface area (Å²) in [5, 5.41) is 2.33. The summed E-state index contributed by atoms with van der Waals surface area (Å²) in [4.78, 5) is 37.1. The van der Waals surface area contributed by atoms with E-state index in [4.69, 9.17) is 14.2 Å². The molecule has 0 saturated carbocycles. The van der Waals surface area contributed by atoms with Crippen LogP contribution in [0.5, 0.6) is 11.5 Å².